The van der Waals surface area contributed by atoms with Gasteiger partial charge in [-0.15, -0.1) is 6.58 Å². The van der Waals surface area contributed by atoms with Crippen molar-refractivity contribution in [2.24, 2.45) is 0 Å². The molecule has 2 amide bonds. The zero-order valence-electron chi connectivity index (χ0n) is 10.8. The Balaban J connectivity index is 2.65. The third-order valence-electron chi connectivity index (χ3n) is 2.59. The number of amides is 2. The van der Waals surface area contributed by atoms with Gasteiger partial charge in [-0.05, 0) is 6.92 Å². The number of aromatic nitrogens is 2. The van der Waals surface area contributed by atoms with Crippen LogP contribution in [0.25, 0.3) is 0 Å². The van der Waals surface area contributed by atoms with Gasteiger partial charge in [0.15, 0.2) is 0 Å². The number of hydrogen-bond donors (Lipinski definition) is 3. The highest BCUT2D eigenvalue weighted by molar-refractivity contribution is 5.82. The summed E-state index contributed by atoms with van der Waals surface area (Å²) in [6, 6.07) is -1.42. The van der Waals surface area contributed by atoms with Crippen molar-refractivity contribution < 1.29 is 14.7 Å². The van der Waals surface area contributed by atoms with E-state index in [4.69, 9.17) is 5.11 Å². The van der Waals surface area contributed by atoms with E-state index in [1.165, 1.54) is 17.4 Å². The minimum absolute atomic E-state index is 0.159. The first-order valence-electron chi connectivity index (χ1n) is 5.94. The van der Waals surface area contributed by atoms with Crippen LogP contribution in [0.1, 0.15) is 12.6 Å². The van der Waals surface area contributed by atoms with Crippen molar-refractivity contribution in [3.8, 4) is 0 Å². The highest BCUT2D eigenvalue weighted by Crippen LogP contribution is 2.00. The predicted molar refractivity (Wildman–Crippen MR) is 69.7 cm³/mol. The van der Waals surface area contributed by atoms with Gasteiger partial charge in [-0.2, -0.15) is 0 Å². The van der Waals surface area contributed by atoms with Crippen molar-refractivity contribution in [2.45, 2.75) is 19.4 Å². The highest BCUT2D eigenvalue weighted by Gasteiger charge is 2.23. The van der Waals surface area contributed by atoms with Crippen LogP contribution < -0.4 is 5.32 Å². The summed E-state index contributed by atoms with van der Waals surface area (Å²) in [5.41, 5.74) is 0.652. The molecule has 104 valence electrons. The predicted octanol–water partition coefficient (Wildman–Crippen LogP) is 0.623. The Bertz CT molecular complexity index is 430. The second-order valence-electron chi connectivity index (χ2n) is 3.95. The summed E-state index contributed by atoms with van der Waals surface area (Å²) >= 11 is 0. The zero-order chi connectivity index (χ0) is 14.3. The molecule has 1 rings (SSSR count). The molecule has 1 aromatic rings. The molecule has 0 aliphatic rings. The number of carboxylic acid groups (broad SMARTS) is 1. The van der Waals surface area contributed by atoms with Crippen molar-refractivity contribution in [3.63, 3.8) is 0 Å². The second kappa shape index (κ2) is 7.20. The molecule has 0 fully saturated rings. The molecule has 0 aromatic carbocycles. The van der Waals surface area contributed by atoms with Crippen LogP contribution in [0.2, 0.25) is 0 Å². The van der Waals surface area contributed by atoms with E-state index in [9.17, 15) is 9.59 Å². The second-order valence-corrected chi connectivity index (χ2v) is 3.95. The first-order valence-corrected chi connectivity index (χ1v) is 5.94. The number of carbonyl (C=O) groups is 2. The summed E-state index contributed by atoms with van der Waals surface area (Å²) in [5, 5.41) is 11.6. The van der Waals surface area contributed by atoms with E-state index >= 15 is 0 Å². The first kappa shape index (κ1) is 14.7. The monoisotopic (exact) mass is 266 g/mol. The number of likely N-dealkylation sites (N-methyl/N-ethyl adjacent to an activating group) is 1. The number of urea groups is 1. The zero-order valence-corrected chi connectivity index (χ0v) is 10.8. The lowest BCUT2D eigenvalue weighted by Crippen LogP contribution is -2.48. The molecule has 7 nitrogen and oxygen atoms in total. The molecule has 0 aliphatic heterocycles. The Labute approximate surface area is 111 Å². The smallest absolute Gasteiger partial charge is 0.326 e. The minimum Gasteiger partial charge on any atom is -0.480 e. The van der Waals surface area contributed by atoms with Gasteiger partial charge in [0.1, 0.15) is 6.04 Å². The molecule has 0 aliphatic carbocycles. The number of nitrogens with zero attached hydrogens (tertiary/aromatic N) is 2. The van der Waals surface area contributed by atoms with Crippen LogP contribution in [0.4, 0.5) is 4.79 Å². The number of carbonyl (C=O) groups excluding carboxylic acids is 1. The van der Waals surface area contributed by atoms with Gasteiger partial charge in [0, 0.05) is 31.4 Å². The molecular formula is C12H18N4O3. The van der Waals surface area contributed by atoms with E-state index in [0.717, 1.165) is 0 Å². The van der Waals surface area contributed by atoms with Crippen molar-refractivity contribution in [2.75, 3.05) is 13.1 Å². The van der Waals surface area contributed by atoms with Crippen molar-refractivity contribution in [3.05, 3.63) is 30.9 Å². The van der Waals surface area contributed by atoms with Crippen LogP contribution in [0.15, 0.2) is 25.2 Å². The van der Waals surface area contributed by atoms with Crippen molar-refractivity contribution in [1.29, 1.82) is 0 Å². The van der Waals surface area contributed by atoms with Crippen LogP contribution in [0.5, 0.6) is 0 Å². The summed E-state index contributed by atoms with van der Waals surface area (Å²) in [6.45, 7) is 6.22. The Morgan fingerprint density at radius 1 is 1.68 bits per heavy atom. The van der Waals surface area contributed by atoms with Crippen molar-refractivity contribution in [1.82, 2.24) is 20.2 Å². The van der Waals surface area contributed by atoms with Crippen LogP contribution in [0, 0.1) is 0 Å². The maximum atomic E-state index is 11.9. The SMILES string of the molecule is C=CCN(CC)C(=O)N[C@H](Cc1cnc[nH]1)C(=O)O. The lowest BCUT2D eigenvalue weighted by atomic mass is 10.1. The molecule has 19 heavy (non-hydrogen) atoms. The average Bonchev–Trinajstić information content (AvgIpc) is 2.87. The number of carboxylic acids is 1. The lowest BCUT2D eigenvalue weighted by Gasteiger charge is -2.22. The standard InChI is InChI=1S/C12H18N4O3/c1-3-5-16(4-2)12(19)15-10(11(17)18)6-9-7-13-8-14-9/h3,7-8,10H,1,4-6H2,2H3,(H,13,14)(H,15,19)(H,17,18)/t10-/m1/s1. The fourth-order valence-electron chi connectivity index (χ4n) is 1.57. The van der Waals surface area contributed by atoms with E-state index in [1.807, 2.05) is 6.92 Å². The fourth-order valence-corrected chi connectivity index (χ4v) is 1.57. The first-order chi connectivity index (χ1) is 9.08. The van der Waals surface area contributed by atoms with Gasteiger partial charge in [0.05, 0.1) is 6.33 Å². The van der Waals surface area contributed by atoms with Gasteiger partial charge in [-0.25, -0.2) is 14.6 Å². The summed E-state index contributed by atoms with van der Waals surface area (Å²) in [7, 11) is 0. The Hall–Kier alpha value is -2.31. The minimum atomic E-state index is -1.09. The quantitative estimate of drug-likeness (QED) is 0.630. The van der Waals surface area contributed by atoms with E-state index in [2.05, 4.69) is 21.9 Å². The summed E-state index contributed by atoms with van der Waals surface area (Å²) in [4.78, 5) is 31.1. The van der Waals surface area contributed by atoms with Crippen LogP contribution in [0.3, 0.4) is 0 Å². The molecule has 0 saturated carbocycles. The highest BCUT2D eigenvalue weighted by atomic mass is 16.4. The van der Waals surface area contributed by atoms with Crippen LogP contribution in [-0.4, -0.2) is 51.1 Å². The summed E-state index contributed by atoms with van der Waals surface area (Å²) in [5.74, 6) is -1.09. The molecule has 7 heteroatoms. The molecule has 0 saturated heterocycles. The molecule has 1 aromatic heterocycles. The molecule has 0 radical (unpaired) electrons. The van der Waals surface area contributed by atoms with Gasteiger partial charge in [-0.3, -0.25) is 0 Å². The number of aliphatic carboxylic acids is 1. The van der Waals surface area contributed by atoms with Gasteiger partial charge >= 0.3 is 12.0 Å². The lowest BCUT2D eigenvalue weighted by molar-refractivity contribution is -0.139. The number of hydrogen-bond acceptors (Lipinski definition) is 3. The Kier molecular flexibility index (Phi) is 5.59. The number of nitrogens with one attached hydrogen (secondary N) is 2. The topological polar surface area (TPSA) is 98.3 Å². The maximum absolute atomic E-state index is 11.9. The number of imidazole rings is 1. The molecule has 3 N–H and O–H groups in total. The Morgan fingerprint density at radius 3 is 2.89 bits per heavy atom. The molecule has 0 spiro atoms. The third-order valence-corrected chi connectivity index (χ3v) is 2.59. The summed E-state index contributed by atoms with van der Waals surface area (Å²) in [6.07, 6.45) is 4.75. The number of H-pyrrole nitrogens is 1. The van der Waals surface area contributed by atoms with Crippen LogP contribution >= 0.6 is 0 Å². The maximum Gasteiger partial charge on any atom is 0.326 e. The molecule has 1 atom stereocenters. The number of rotatable bonds is 7. The molecule has 0 unspecified atom stereocenters. The normalized spacial score (nSPS) is 11.6. The summed E-state index contributed by atoms with van der Waals surface area (Å²) < 4.78 is 0. The molecular weight excluding hydrogens is 248 g/mol. The largest absolute Gasteiger partial charge is 0.480 e. The van der Waals surface area contributed by atoms with Gasteiger partial charge in [0.2, 0.25) is 0 Å². The van der Waals surface area contributed by atoms with E-state index in [0.29, 0.717) is 18.8 Å². The molecule has 0 bridgehead atoms. The average molecular weight is 266 g/mol. The molecule has 1 heterocycles. The van der Waals surface area contributed by atoms with Crippen molar-refractivity contribution >= 4 is 12.0 Å². The van der Waals surface area contributed by atoms with Gasteiger partial charge in [-0.1, -0.05) is 6.08 Å². The van der Waals surface area contributed by atoms with Gasteiger partial charge in [0.25, 0.3) is 0 Å². The number of aromatic amines is 1. The third kappa shape index (κ3) is 4.46. The Morgan fingerprint density at radius 2 is 2.42 bits per heavy atom. The van der Waals surface area contributed by atoms with E-state index < -0.39 is 18.0 Å². The van der Waals surface area contributed by atoms with Gasteiger partial charge < -0.3 is 20.3 Å². The van der Waals surface area contributed by atoms with Crippen LogP contribution in [-0.2, 0) is 11.2 Å². The van der Waals surface area contributed by atoms with E-state index in [-0.39, 0.29) is 6.42 Å². The van der Waals surface area contributed by atoms with E-state index in [1.54, 1.807) is 6.08 Å². The fraction of sp³-hybridized carbons (Fsp3) is 0.417.